The molecule has 0 saturated carbocycles. The summed E-state index contributed by atoms with van der Waals surface area (Å²) in [5.74, 6) is 0. The van der Waals surface area contributed by atoms with Crippen LogP contribution in [0.3, 0.4) is 0 Å². The van der Waals surface area contributed by atoms with Gasteiger partial charge in [-0.2, -0.15) is 0 Å². The van der Waals surface area contributed by atoms with Gasteiger partial charge in [-0.3, -0.25) is 9.59 Å². The largest absolute Gasteiger partial charge is 0.456 e. The van der Waals surface area contributed by atoms with E-state index in [1.54, 1.807) is 36.4 Å². The van der Waals surface area contributed by atoms with Gasteiger partial charge in [-0.1, -0.05) is 68.4 Å². The van der Waals surface area contributed by atoms with Gasteiger partial charge in [0.1, 0.15) is 16.7 Å². The fourth-order valence-corrected chi connectivity index (χ4v) is 6.26. The first kappa shape index (κ1) is 22.8. The van der Waals surface area contributed by atoms with Crippen molar-refractivity contribution in [3.63, 3.8) is 0 Å². The van der Waals surface area contributed by atoms with Gasteiger partial charge in [0.15, 0.2) is 5.58 Å². The summed E-state index contributed by atoms with van der Waals surface area (Å²) in [4.78, 5) is 29.4. The second-order valence-corrected chi connectivity index (χ2v) is 10.9. The summed E-state index contributed by atoms with van der Waals surface area (Å²) in [6, 6.07) is 32.8. The van der Waals surface area contributed by atoms with Crippen LogP contribution in [0.5, 0.6) is 0 Å². The van der Waals surface area contributed by atoms with Crippen molar-refractivity contribution < 1.29 is 8.83 Å². The van der Waals surface area contributed by atoms with Gasteiger partial charge in [0.2, 0.25) is 10.9 Å². The Kier molecular flexibility index (Phi) is 4.52. The van der Waals surface area contributed by atoms with E-state index in [1.165, 1.54) is 11.1 Å². The molecule has 7 aromatic rings. The van der Waals surface area contributed by atoms with Crippen LogP contribution < -0.4 is 15.8 Å². The van der Waals surface area contributed by atoms with Gasteiger partial charge < -0.3 is 13.7 Å². The third-order valence-corrected chi connectivity index (χ3v) is 8.25. The monoisotopic (exact) mass is 521 g/mol. The molecular formula is C35H23NO4. The molecule has 0 radical (unpaired) electrons. The zero-order chi connectivity index (χ0) is 27.2. The second-order valence-electron chi connectivity index (χ2n) is 10.9. The van der Waals surface area contributed by atoms with E-state index in [0.29, 0.717) is 43.9 Å². The molecule has 0 N–H and O–H groups in total. The standard InChI is InChI=1S/C35H23NO4/c1-35(2)24-12-4-6-14-26(24)36(27-15-7-5-13-25(27)35)28-16-9-11-21-33(38)23-18-22-30(19-31(23)40-34(21)28)39-29-17-8-3-10-20(29)32(22)37/h3-19H,1-2H3. The summed E-state index contributed by atoms with van der Waals surface area (Å²) in [6.07, 6.45) is 0. The van der Waals surface area contributed by atoms with Crippen molar-refractivity contribution in [2.75, 3.05) is 4.90 Å². The maximum atomic E-state index is 13.9. The van der Waals surface area contributed by atoms with Crippen LogP contribution in [0.1, 0.15) is 25.0 Å². The van der Waals surface area contributed by atoms with E-state index in [2.05, 4.69) is 55.1 Å². The summed E-state index contributed by atoms with van der Waals surface area (Å²) in [5.41, 5.74) is 6.38. The van der Waals surface area contributed by atoms with Crippen LogP contribution in [-0.4, -0.2) is 0 Å². The van der Waals surface area contributed by atoms with Gasteiger partial charge in [-0.25, -0.2) is 0 Å². The fourth-order valence-electron chi connectivity index (χ4n) is 6.26. The van der Waals surface area contributed by atoms with Crippen molar-refractivity contribution in [2.45, 2.75) is 19.3 Å². The van der Waals surface area contributed by atoms with E-state index in [1.807, 2.05) is 30.3 Å². The maximum Gasteiger partial charge on any atom is 0.200 e. The molecule has 40 heavy (non-hydrogen) atoms. The van der Waals surface area contributed by atoms with E-state index >= 15 is 0 Å². The van der Waals surface area contributed by atoms with Gasteiger partial charge in [-0.05, 0) is 53.6 Å². The zero-order valence-corrected chi connectivity index (χ0v) is 21.9. The molecule has 1 aliphatic heterocycles. The van der Waals surface area contributed by atoms with Gasteiger partial charge in [0.05, 0.1) is 38.6 Å². The molecule has 192 valence electrons. The van der Waals surface area contributed by atoms with Crippen molar-refractivity contribution in [2.24, 2.45) is 0 Å². The van der Waals surface area contributed by atoms with Crippen LogP contribution in [0.2, 0.25) is 0 Å². The molecule has 5 heteroatoms. The lowest BCUT2D eigenvalue weighted by atomic mass is 9.73. The molecule has 0 bridgehead atoms. The van der Waals surface area contributed by atoms with Crippen LogP contribution in [0.25, 0.3) is 43.9 Å². The first-order valence-corrected chi connectivity index (χ1v) is 13.3. The molecule has 5 aromatic carbocycles. The van der Waals surface area contributed by atoms with Crippen molar-refractivity contribution in [3.05, 3.63) is 135 Å². The highest BCUT2D eigenvalue weighted by Crippen LogP contribution is 2.52. The van der Waals surface area contributed by atoms with Crippen LogP contribution in [0, 0.1) is 0 Å². The normalized spacial score (nSPS) is 14.1. The molecule has 0 saturated heterocycles. The van der Waals surface area contributed by atoms with Crippen molar-refractivity contribution in [1.82, 2.24) is 0 Å². The van der Waals surface area contributed by atoms with E-state index in [-0.39, 0.29) is 16.3 Å². The molecule has 2 aromatic heterocycles. The number of para-hydroxylation sites is 4. The smallest absolute Gasteiger partial charge is 0.200 e. The van der Waals surface area contributed by atoms with E-state index in [4.69, 9.17) is 8.83 Å². The number of hydrogen-bond donors (Lipinski definition) is 0. The maximum absolute atomic E-state index is 13.9. The number of anilines is 3. The van der Waals surface area contributed by atoms with Crippen molar-refractivity contribution in [3.8, 4) is 0 Å². The third kappa shape index (κ3) is 2.97. The highest BCUT2D eigenvalue weighted by Gasteiger charge is 2.37. The molecule has 5 nitrogen and oxygen atoms in total. The Balaban J connectivity index is 1.46. The zero-order valence-electron chi connectivity index (χ0n) is 21.9. The molecule has 3 heterocycles. The average Bonchev–Trinajstić information content (AvgIpc) is 2.97. The quantitative estimate of drug-likeness (QED) is 0.203. The first-order valence-electron chi connectivity index (χ1n) is 13.3. The second kappa shape index (κ2) is 7.93. The highest BCUT2D eigenvalue weighted by molar-refractivity contribution is 6.04. The van der Waals surface area contributed by atoms with Crippen molar-refractivity contribution in [1.29, 1.82) is 0 Å². The molecule has 0 fully saturated rings. The van der Waals surface area contributed by atoms with Gasteiger partial charge in [-0.15, -0.1) is 0 Å². The lowest BCUT2D eigenvalue weighted by Crippen LogP contribution is -2.30. The minimum atomic E-state index is -0.207. The summed E-state index contributed by atoms with van der Waals surface area (Å²) in [5, 5.41) is 1.64. The lowest BCUT2D eigenvalue weighted by molar-refractivity contribution is 0.629. The predicted molar refractivity (Wildman–Crippen MR) is 160 cm³/mol. The van der Waals surface area contributed by atoms with Gasteiger partial charge in [0.25, 0.3) is 0 Å². The van der Waals surface area contributed by atoms with Crippen LogP contribution in [-0.2, 0) is 5.41 Å². The summed E-state index contributed by atoms with van der Waals surface area (Å²) in [6.45, 7) is 4.47. The molecule has 0 aliphatic carbocycles. The summed E-state index contributed by atoms with van der Waals surface area (Å²) < 4.78 is 12.6. The predicted octanol–water partition coefficient (Wildman–Crippen LogP) is 8.31. The van der Waals surface area contributed by atoms with Crippen LogP contribution in [0.15, 0.2) is 122 Å². The molecule has 0 amide bonds. The minimum Gasteiger partial charge on any atom is -0.456 e. The van der Waals surface area contributed by atoms with E-state index < -0.39 is 0 Å². The number of rotatable bonds is 1. The molecule has 0 atom stereocenters. The van der Waals surface area contributed by atoms with Crippen LogP contribution in [0.4, 0.5) is 17.1 Å². The molecule has 1 aliphatic rings. The average molecular weight is 522 g/mol. The van der Waals surface area contributed by atoms with Crippen molar-refractivity contribution >= 4 is 60.9 Å². The summed E-state index contributed by atoms with van der Waals surface area (Å²) in [7, 11) is 0. The highest BCUT2D eigenvalue weighted by atomic mass is 16.3. The van der Waals surface area contributed by atoms with Gasteiger partial charge >= 0.3 is 0 Å². The number of fused-ring (bicyclic) bond motifs is 6. The van der Waals surface area contributed by atoms with E-state index in [9.17, 15) is 9.59 Å². The van der Waals surface area contributed by atoms with Gasteiger partial charge in [0, 0.05) is 11.5 Å². The Hall–Kier alpha value is -5.16. The number of nitrogens with zero attached hydrogens (tertiary/aromatic N) is 1. The number of benzene rings is 5. The lowest BCUT2D eigenvalue weighted by Gasteiger charge is -2.41. The van der Waals surface area contributed by atoms with Crippen LogP contribution >= 0.6 is 0 Å². The first-order chi connectivity index (χ1) is 19.4. The Morgan fingerprint density at radius 3 is 1.80 bits per heavy atom. The Morgan fingerprint density at radius 2 is 1.07 bits per heavy atom. The Labute approximate surface area is 228 Å². The van der Waals surface area contributed by atoms with E-state index in [0.717, 1.165) is 17.1 Å². The molecule has 0 unspecified atom stereocenters. The number of hydrogen-bond acceptors (Lipinski definition) is 5. The summed E-state index contributed by atoms with van der Waals surface area (Å²) >= 11 is 0. The third-order valence-electron chi connectivity index (χ3n) is 8.25. The fraction of sp³-hybridized carbons (Fsp3) is 0.0857. The molecule has 8 rings (SSSR count). The minimum absolute atomic E-state index is 0.170. The molecule has 0 spiro atoms. The topological polar surface area (TPSA) is 63.7 Å². The SMILES string of the molecule is CC1(C)c2ccccc2N(c2cccc3c(=O)c4cc5c(=O)c6ccccc6oc5cc4oc23)c2ccccc21. The Bertz CT molecular complexity index is 2260. The Morgan fingerprint density at radius 1 is 0.525 bits per heavy atom. The molecular weight excluding hydrogens is 498 g/mol.